The molecule has 0 bridgehead atoms. The fraction of sp³-hybridized carbons (Fsp3) is 0.294. The smallest absolute Gasteiger partial charge is 0.248 e. The monoisotopic (exact) mass is 296 g/mol. The van der Waals surface area contributed by atoms with E-state index in [4.69, 9.17) is 5.73 Å². The molecule has 0 aliphatic heterocycles. The second-order valence-electron chi connectivity index (χ2n) is 5.56. The van der Waals surface area contributed by atoms with Gasteiger partial charge in [-0.05, 0) is 30.0 Å². The van der Waals surface area contributed by atoms with Gasteiger partial charge >= 0.3 is 0 Å². The highest BCUT2D eigenvalue weighted by molar-refractivity contribution is 5.83. The second-order valence-corrected chi connectivity index (χ2v) is 5.56. The van der Waals surface area contributed by atoms with Gasteiger partial charge in [-0.2, -0.15) is 0 Å². The molecule has 3 aromatic rings. The first-order valence-corrected chi connectivity index (χ1v) is 7.61. The molecule has 22 heavy (non-hydrogen) atoms. The largest absolute Gasteiger partial charge is 0.341 e. The third-order valence-electron chi connectivity index (χ3n) is 3.85. The summed E-state index contributed by atoms with van der Waals surface area (Å²) < 4.78 is 0. The average Bonchev–Trinajstić information content (AvgIpc) is 3.02. The predicted molar refractivity (Wildman–Crippen MR) is 88.6 cm³/mol. The van der Waals surface area contributed by atoms with Crippen LogP contribution in [0.2, 0.25) is 0 Å². The predicted octanol–water partition coefficient (Wildman–Crippen LogP) is 3.11. The van der Waals surface area contributed by atoms with Gasteiger partial charge in [0, 0.05) is 17.1 Å². The number of nitrogens with one attached hydrogen (secondary N) is 2. The molecule has 1 aromatic carbocycles. The van der Waals surface area contributed by atoms with Gasteiger partial charge in [-0.1, -0.05) is 25.8 Å². The minimum absolute atomic E-state index is 0.0505. The number of aromatic nitrogens is 3. The van der Waals surface area contributed by atoms with E-state index in [2.05, 4.69) is 21.9 Å². The Kier molecular flexibility index (Phi) is 4.06. The van der Waals surface area contributed by atoms with Gasteiger partial charge in [0.05, 0.1) is 17.9 Å². The third kappa shape index (κ3) is 2.94. The van der Waals surface area contributed by atoms with Crippen molar-refractivity contribution in [1.29, 1.82) is 0 Å². The Bertz CT molecular complexity index is 834. The number of benzene rings is 1. The Balaban J connectivity index is 1.89. The van der Waals surface area contributed by atoms with Crippen molar-refractivity contribution in [3.05, 3.63) is 52.7 Å². The van der Waals surface area contributed by atoms with E-state index < -0.39 is 0 Å². The molecule has 114 valence electrons. The van der Waals surface area contributed by atoms with Gasteiger partial charge < -0.3 is 15.7 Å². The van der Waals surface area contributed by atoms with Crippen LogP contribution < -0.4 is 11.3 Å². The summed E-state index contributed by atoms with van der Waals surface area (Å²) >= 11 is 0. The molecule has 5 nitrogen and oxygen atoms in total. The summed E-state index contributed by atoms with van der Waals surface area (Å²) in [5.41, 5.74) is 8.85. The van der Waals surface area contributed by atoms with E-state index in [-0.39, 0.29) is 11.6 Å². The van der Waals surface area contributed by atoms with E-state index in [1.807, 2.05) is 30.5 Å². The van der Waals surface area contributed by atoms with Crippen molar-refractivity contribution < 1.29 is 0 Å². The maximum Gasteiger partial charge on any atom is 0.248 e. The van der Waals surface area contributed by atoms with Crippen LogP contribution in [0.5, 0.6) is 0 Å². The van der Waals surface area contributed by atoms with E-state index in [0.29, 0.717) is 0 Å². The Morgan fingerprint density at radius 3 is 2.91 bits per heavy atom. The van der Waals surface area contributed by atoms with E-state index in [9.17, 15) is 4.79 Å². The molecule has 4 N–H and O–H groups in total. The fourth-order valence-electron chi connectivity index (χ4n) is 2.55. The Hall–Kier alpha value is -2.40. The maximum absolute atomic E-state index is 11.3. The maximum atomic E-state index is 11.3. The van der Waals surface area contributed by atoms with Gasteiger partial charge in [-0.3, -0.25) is 4.79 Å². The van der Waals surface area contributed by atoms with E-state index >= 15 is 0 Å². The molecule has 0 fully saturated rings. The van der Waals surface area contributed by atoms with Crippen LogP contribution in [0.15, 0.2) is 41.3 Å². The summed E-state index contributed by atoms with van der Waals surface area (Å²) in [4.78, 5) is 21.8. The molecule has 0 radical (unpaired) electrons. The summed E-state index contributed by atoms with van der Waals surface area (Å²) in [5, 5.41) is 0.989. The molecule has 0 amide bonds. The summed E-state index contributed by atoms with van der Waals surface area (Å²) in [6.45, 7) is 2.15. The summed E-state index contributed by atoms with van der Waals surface area (Å²) in [7, 11) is 0. The van der Waals surface area contributed by atoms with Gasteiger partial charge in [-0.15, -0.1) is 0 Å². The lowest BCUT2D eigenvalue weighted by Crippen LogP contribution is -2.11. The lowest BCUT2D eigenvalue weighted by atomic mass is 10.1. The first-order valence-electron chi connectivity index (χ1n) is 7.61. The van der Waals surface area contributed by atoms with Crippen LogP contribution in [-0.2, 0) is 0 Å². The van der Waals surface area contributed by atoms with Gasteiger partial charge in [0.25, 0.3) is 0 Å². The molecule has 2 heterocycles. The van der Waals surface area contributed by atoms with Crippen molar-refractivity contribution >= 4 is 10.9 Å². The second kappa shape index (κ2) is 6.15. The van der Waals surface area contributed by atoms with Gasteiger partial charge in [0.15, 0.2) is 0 Å². The Labute approximate surface area is 128 Å². The Morgan fingerprint density at radius 2 is 2.09 bits per heavy atom. The molecular weight excluding hydrogens is 276 g/mol. The molecule has 1 unspecified atom stereocenters. The number of unbranched alkanes of at least 4 members (excludes halogenated alkanes) is 1. The van der Waals surface area contributed by atoms with Gasteiger partial charge in [-0.25, -0.2) is 4.98 Å². The quantitative estimate of drug-likeness (QED) is 0.676. The van der Waals surface area contributed by atoms with Crippen LogP contribution in [0, 0.1) is 0 Å². The highest BCUT2D eigenvalue weighted by Gasteiger charge is 2.11. The van der Waals surface area contributed by atoms with E-state index in [0.717, 1.165) is 47.2 Å². The molecule has 1 atom stereocenters. The molecule has 0 spiro atoms. The van der Waals surface area contributed by atoms with Crippen LogP contribution in [0.4, 0.5) is 0 Å². The minimum atomic E-state index is -0.0917. The van der Waals surface area contributed by atoms with Crippen molar-refractivity contribution in [2.75, 3.05) is 0 Å². The number of hydrogen-bond acceptors (Lipinski definition) is 3. The van der Waals surface area contributed by atoms with E-state index in [1.165, 1.54) is 6.07 Å². The standard InChI is InChI=1S/C17H20N4O/c1-2-3-4-13(18)17-19-10-15(21-17)12-5-7-14-11(9-12)6-8-16(22)20-14/h5-10,13H,2-4,18H2,1H3,(H,19,21)(H,20,22). The molecule has 0 saturated carbocycles. The molecule has 0 aliphatic rings. The highest BCUT2D eigenvalue weighted by Crippen LogP contribution is 2.23. The van der Waals surface area contributed by atoms with Crippen molar-refractivity contribution in [2.24, 2.45) is 5.73 Å². The topological polar surface area (TPSA) is 87.6 Å². The van der Waals surface area contributed by atoms with Crippen LogP contribution in [-0.4, -0.2) is 15.0 Å². The van der Waals surface area contributed by atoms with Crippen molar-refractivity contribution in [3.63, 3.8) is 0 Å². The van der Waals surface area contributed by atoms with Gasteiger partial charge in [0.1, 0.15) is 5.82 Å². The number of pyridine rings is 1. The van der Waals surface area contributed by atoms with E-state index in [1.54, 1.807) is 0 Å². The van der Waals surface area contributed by atoms with Crippen LogP contribution in [0.1, 0.15) is 38.1 Å². The number of imidazole rings is 1. The zero-order valence-corrected chi connectivity index (χ0v) is 12.6. The first kappa shape index (κ1) is 14.5. The normalized spacial score (nSPS) is 12.6. The van der Waals surface area contributed by atoms with Crippen LogP contribution in [0.3, 0.4) is 0 Å². The first-order chi connectivity index (χ1) is 10.7. The van der Waals surface area contributed by atoms with Crippen molar-refractivity contribution in [3.8, 4) is 11.3 Å². The van der Waals surface area contributed by atoms with Crippen LogP contribution >= 0.6 is 0 Å². The third-order valence-corrected chi connectivity index (χ3v) is 3.85. The molecular formula is C17H20N4O. The zero-order valence-electron chi connectivity index (χ0n) is 12.6. The summed E-state index contributed by atoms with van der Waals surface area (Å²) in [5.74, 6) is 0.824. The summed E-state index contributed by atoms with van der Waals surface area (Å²) in [6, 6.07) is 9.20. The number of fused-ring (bicyclic) bond motifs is 1. The molecule has 0 aliphatic carbocycles. The minimum Gasteiger partial charge on any atom is -0.341 e. The number of H-pyrrole nitrogens is 2. The number of aromatic amines is 2. The number of hydrogen-bond donors (Lipinski definition) is 3. The lowest BCUT2D eigenvalue weighted by Gasteiger charge is -2.07. The number of nitrogens with zero attached hydrogens (tertiary/aromatic N) is 1. The lowest BCUT2D eigenvalue weighted by molar-refractivity contribution is 0.580. The van der Waals surface area contributed by atoms with Crippen molar-refractivity contribution in [2.45, 2.75) is 32.2 Å². The Morgan fingerprint density at radius 1 is 1.23 bits per heavy atom. The van der Waals surface area contributed by atoms with Gasteiger partial charge in [0.2, 0.25) is 5.56 Å². The molecule has 2 aromatic heterocycles. The summed E-state index contributed by atoms with van der Waals surface area (Å²) in [6.07, 6.45) is 4.97. The SMILES string of the molecule is CCCCC(N)c1ncc(-c2ccc3[nH]c(=O)ccc3c2)[nH]1. The molecule has 3 rings (SSSR count). The molecule has 0 saturated heterocycles. The zero-order chi connectivity index (χ0) is 15.5. The number of rotatable bonds is 5. The fourth-order valence-corrected chi connectivity index (χ4v) is 2.55. The number of nitrogens with two attached hydrogens (primary N) is 1. The van der Waals surface area contributed by atoms with Crippen molar-refractivity contribution in [1.82, 2.24) is 15.0 Å². The highest BCUT2D eigenvalue weighted by atomic mass is 16.1. The molecule has 5 heteroatoms. The van der Waals surface area contributed by atoms with Crippen LogP contribution in [0.25, 0.3) is 22.2 Å². The average molecular weight is 296 g/mol.